The predicted molar refractivity (Wildman–Crippen MR) is 57.6 cm³/mol. The summed E-state index contributed by atoms with van der Waals surface area (Å²) in [7, 11) is 0. The van der Waals surface area contributed by atoms with Gasteiger partial charge < -0.3 is 5.11 Å². The van der Waals surface area contributed by atoms with Crippen LogP contribution in [0.1, 0.15) is 16.7 Å². The molecule has 1 aromatic carbocycles. The molecule has 0 aliphatic heterocycles. The zero-order valence-corrected chi connectivity index (χ0v) is 8.80. The van der Waals surface area contributed by atoms with E-state index in [0.29, 0.717) is 5.02 Å². The lowest BCUT2D eigenvalue weighted by atomic mass is 10.1. The van der Waals surface area contributed by atoms with Gasteiger partial charge in [-0.05, 0) is 42.7 Å². The topological polar surface area (TPSA) is 37.3 Å². The van der Waals surface area contributed by atoms with Gasteiger partial charge in [-0.25, -0.2) is 4.79 Å². The Morgan fingerprint density at radius 3 is 2.57 bits per heavy atom. The van der Waals surface area contributed by atoms with E-state index in [1.165, 1.54) is 6.08 Å². The van der Waals surface area contributed by atoms with E-state index in [4.69, 9.17) is 16.7 Å². The number of carboxylic acid groups (broad SMARTS) is 1. The first-order valence-corrected chi connectivity index (χ1v) is 4.56. The van der Waals surface area contributed by atoms with Crippen LogP contribution in [-0.2, 0) is 4.79 Å². The van der Waals surface area contributed by atoms with Crippen molar-refractivity contribution >= 4 is 23.6 Å². The number of carbonyl (C=O) groups is 1. The van der Waals surface area contributed by atoms with Gasteiger partial charge in [0.2, 0.25) is 0 Å². The van der Waals surface area contributed by atoms with Crippen LogP contribution in [0.4, 0.5) is 0 Å². The van der Waals surface area contributed by atoms with E-state index in [-0.39, 0.29) is 0 Å². The van der Waals surface area contributed by atoms with Crippen molar-refractivity contribution in [3.8, 4) is 0 Å². The fraction of sp³-hybridized carbons (Fsp3) is 0.182. The summed E-state index contributed by atoms with van der Waals surface area (Å²) in [5.41, 5.74) is 2.81. The van der Waals surface area contributed by atoms with Crippen molar-refractivity contribution in [2.75, 3.05) is 0 Å². The van der Waals surface area contributed by atoms with Crippen molar-refractivity contribution in [3.05, 3.63) is 39.9 Å². The van der Waals surface area contributed by atoms with Gasteiger partial charge in [-0.3, -0.25) is 0 Å². The Hall–Kier alpha value is -1.28. The van der Waals surface area contributed by atoms with Crippen LogP contribution in [0.5, 0.6) is 0 Å². The third kappa shape index (κ3) is 2.60. The van der Waals surface area contributed by atoms with Crippen molar-refractivity contribution in [1.29, 1.82) is 0 Å². The van der Waals surface area contributed by atoms with Crippen molar-refractivity contribution < 1.29 is 9.90 Å². The van der Waals surface area contributed by atoms with Gasteiger partial charge in [-0.2, -0.15) is 0 Å². The molecule has 0 saturated carbocycles. The highest BCUT2D eigenvalue weighted by molar-refractivity contribution is 6.32. The molecule has 0 saturated heterocycles. The van der Waals surface area contributed by atoms with Gasteiger partial charge in [0.25, 0.3) is 0 Å². The maximum Gasteiger partial charge on any atom is 0.328 e. The molecule has 0 radical (unpaired) electrons. The van der Waals surface area contributed by atoms with Gasteiger partial charge in [-0.15, -0.1) is 0 Å². The summed E-state index contributed by atoms with van der Waals surface area (Å²) in [6.07, 6.45) is 2.60. The summed E-state index contributed by atoms with van der Waals surface area (Å²) in [5.74, 6) is -0.971. The zero-order chi connectivity index (χ0) is 10.7. The molecule has 0 aliphatic carbocycles. The standard InChI is InChI=1S/C11H11ClO2/c1-7-5-8(2)9(10(12)6-7)3-4-11(13)14/h3-6H,1-2H3,(H,13,14)/b4-3+. The van der Waals surface area contributed by atoms with Crippen LogP contribution in [-0.4, -0.2) is 11.1 Å². The number of rotatable bonds is 2. The number of hydrogen-bond acceptors (Lipinski definition) is 1. The second kappa shape index (κ2) is 4.29. The minimum absolute atomic E-state index is 0.583. The minimum Gasteiger partial charge on any atom is -0.478 e. The maximum absolute atomic E-state index is 10.3. The molecule has 0 aliphatic rings. The molecule has 0 atom stereocenters. The smallest absolute Gasteiger partial charge is 0.328 e. The fourth-order valence-electron chi connectivity index (χ4n) is 1.29. The van der Waals surface area contributed by atoms with Gasteiger partial charge in [0.1, 0.15) is 0 Å². The first kappa shape index (κ1) is 10.8. The monoisotopic (exact) mass is 210 g/mol. The van der Waals surface area contributed by atoms with E-state index in [1.54, 1.807) is 0 Å². The van der Waals surface area contributed by atoms with E-state index >= 15 is 0 Å². The highest BCUT2D eigenvalue weighted by Gasteiger charge is 2.02. The molecule has 0 fully saturated rings. The van der Waals surface area contributed by atoms with E-state index in [0.717, 1.165) is 22.8 Å². The van der Waals surface area contributed by atoms with Crippen LogP contribution in [0, 0.1) is 13.8 Å². The largest absolute Gasteiger partial charge is 0.478 e. The first-order chi connectivity index (χ1) is 6.50. The van der Waals surface area contributed by atoms with Crippen LogP contribution in [0.25, 0.3) is 6.08 Å². The Labute approximate surface area is 87.8 Å². The summed E-state index contributed by atoms with van der Waals surface area (Å²) >= 11 is 5.97. The molecular weight excluding hydrogens is 200 g/mol. The highest BCUT2D eigenvalue weighted by Crippen LogP contribution is 2.23. The molecule has 1 aromatic rings. The molecule has 74 valence electrons. The molecule has 2 nitrogen and oxygen atoms in total. The molecule has 0 amide bonds. The van der Waals surface area contributed by atoms with Crippen LogP contribution < -0.4 is 0 Å². The van der Waals surface area contributed by atoms with E-state index < -0.39 is 5.97 Å². The molecule has 1 N–H and O–H groups in total. The lowest BCUT2D eigenvalue weighted by Crippen LogP contribution is -1.89. The van der Waals surface area contributed by atoms with E-state index in [2.05, 4.69) is 0 Å². The summed E-state index contributed by atoms with van der Waals surface area (Å²) < 4.78 is 0. The molecule has 0 aromatic heterocycles. The maximum atomic E-state index is 10.3. The molecule has 14 heavy (non-hydrogen) atoms. The quantitative estimate of drug-likeness (QED) is 0.762. The lowest BCUT2D eigenvalue weighted by Gasteiger charge is -2.04. The summed E-state index contributed by atoms with van der Waals surface area (Å²) in [5, 5.41) is 9.06. The Bertz CT molecular complexity index is 371. The van der Waals surface area contributed by atoms with Crippen molar-refractivity contribution in [3.63, 3.8) is 0 Å². The summed E-state index contributed by atoms with van der Waals surface area (Å²) in [4.78, 5) is 10.3. The van der Waals surface area contributed by atoms with E-state index in [9.17, 15) is 4.79 Å². The Balaban J connectivity index is 3.15. The third-order valence-corrected chi connectivity index (χ3v) is 2.19. The minimum atomic E-state index is -0.971. The number of aryl methyl sites for hydroxylation is 2. The molecule has 0 unspecified atom stereocenters. The number of carboxylic acids is 1. The second-order valence-electron chi connectivity index (χ2n) is 3.15. The van der Waals surface area contributed by atoms with Crippen molar-refractivity contribution in [2.24, 2.45) is 0 Å². The molecule has 3 heteroatoms. The second-order valence-corrected chi connectivity index (χ2v) is 3.56. The molecule has 1 rings (SSSR count). The molecule has 0 spiro atoms. The molecular formula is C11H11ClO2. The van der Waals surface area contributed by atoms with Crippen LogP contribution in [0.3, 0.4) is 0 Å². The van der Waals surface area contributed by atoms with Gasteiger partial charge in [-0.1, -0.05) is 17.7 Å². The zero-order valence-electron chi connectivity index (χ0n) is 8.04. The molecule has 0 heterocycles. The van der Waals surface area contributed by atoms with Crippen molar-refractivity contribution in [1.82, 2.24) is 0 Å². The number of aliphatic carboxylic acids is 1. The van der Waals surface area contributed by atoms with Crippen LogP contribution >= 0.6 is 11.6 Å². The van der Waals surface area contributed by atoms with Gasteiger partial charge in [0, 0.05) is 11.1 Å². The lowest BCUT2D eigenvalue weighted by molar-refractivity contribution is -0.131. The van der Waals surface area contributed by atoms with Crippen LogP contribution in [0.2, 0.25) is 5.02 Å². The summed E-state index contributed by atoms with van der Waals surface area (Å²) in [6, 6.07) is 3.78. The number of benzene rings is 1. The van der Waals surface area contributed by atoms with Gasteiger partial charge in [0.15, 0.2) is 0 Å². The van der Waals surface area contributed by atoms with E-state index in [1.807, 2.05) is 26.0 Å². The summed E-state index contributed by atoms with van der Waals surface area (Å²) in [6.45, 7) is 3.85. The normalized spacial score (nSPS) is 10.8. The Morgan fingerprint density at radius 2 is 2.07 bits per heavy atom. The average molecular weight is 211 g/mol. The van der Waals surface area contributed by atoms with Crippen molar-refractivity contribution in [2.45, 2.75) is 13.8 Å². The average Bonchev–Trinajstić information content (AvgIpc) is 2.01. The number of halogens is 1. The SMILES string of the molecule is Cc1cc(C)c(/C=C/C(=O)O)c(Cl)c1. The Morgan fingerprint density at radius 1 is 1.43 bits per heavy atom. The van der Waals surface area contributed by atoms with Gasteiger partial charge >= 0.3 is 5.97 Å². The Kier molecular flexibility index (Phi) is 3.31. The highest BCUT2D eigenvalue weighted by atomic mass is 35.5. The first-order valence-electron chi connectivity index (χ1n) is 4.18. The molecule has 0 bridgehead atoms. The number of hydrogen-bond donors (Lipinski definition) is 1. The van der Waals surface area contributed by atoms with Crippen LogP contribution in [0.15, 0.2) is 18.2 Å². The fourth-order valence-corrected chi connectivity index (χ4v) is 1.68. The predicted octanol–water partition coefficient (Wildman–Crippen LogP) is 3.05. The third-order valence-electron chi connectivity index (χ3n) is 1.87. The van der Waals surface area contributed by atoms with Gasteiger partial charge in [0.05, 0.1) is 0 Å².